The van der Waals surface area contributed by atoms with Gasteiger partial charge in [-0.05, 0) is 68.3 Å². The Labute approximate surface area is 165 Å². The number of carboxylic acid groups (broad SMARTS) is 1. The number of piperidine rings is 1. The highest BCUT2D eigenvalue weighted by Gasteiger charge is 2.32. The molecule has 0 aromatic heterocycles. The minimum atomic E-state index is -4.31. The number of carbonyl (C=O) groups is 1. The van der Waals surface area contributed by atoms with Crippen LogP contribution in [0.2, 0.25) is 6.32 Å². The van der Waals surface area contributed by atoms with Crippen molar-refractivity contribution in [2.45, 2.75) is 50.6 Å². The van der Waals surface area contributed by atoms with Gasteiger partial charge in [-0.2, -0.15) is 13.2 Å². The molecule has 1 fully saturated rings. The first-order valence-corrected chi connectivity index (χ1v) is 9.76. The first-order chi connectivity index (χ1) is 13.2. The Morgan fingerprint density at radius 1 is 1.32 bits per heavy atom. The third-order valence-electron chi connectivity index (χ3n) is 5.66. The van der Waals surface area contributed by atoms with E-state index in [2.05, 4.69) is 4.90 Å². The maximum Gasteiger partial charge on any atom is 0.416 e. The molecule has 0 saturated carbocycles. The van der Waals surface area contributed by atoms with Crippen LogP contribution in [0, 0.1) is 11.8 Å². The van der Waals surface area contributed by atoms with Gasteiger partial charge in [0.15, 0.2) is 0 Å². The van der Waals surface area contributed by atoms with Crippen LogP contribution in [0.5, 0.6) is 0 Å². The second-order valence-corrected chi connectivity index (χ2v) is 7.64. The van der Waals surface area contributed by atoms with Gasteiger partial charge in [-0.1, -0.05) is 18.5 Å². The molecule has 1 aromatic rings. The molecule has 1 saturated heterocycles. The minimum absolute atomic E-state index is 0.0218. The topological polar surface area (TPSA) is 66.6 Å². The summed E-state index contributed by atoms with van der Waals surface area (Å²) in [7, 11) is 5.87. The van der Waals surface area contributed by atoms with E-state index in [0.29, 0.717) is 19.2 Å². The zero-order valence-corrected chi connectivity index (χ0v) is 16.0. The molecule has 1 heterocycles. The van der Waals surface area contributed by atoms with Gasteiger partial charge in [0.2, 0.25) is 0 Å². The predicted molar refractivity (Wildman–Crippen MR) is 103 cm³/mol. The second kappa shape index (κ2) is 10.3. The van der Waals surface area contributed by atoms with E-state index < -0.39 is 17.7 Å². The van der Waals surface area contributed by atoms with E-state index in [-0.39, 0.29) is 24.3 Å². The average molecular weight is 396 g/mol. The summed E-state index contributed by atoms with van der Waals surface area (Å²) in [5, 5.41) is 8.92. The van der Waals surface area contributed by atoms with E-state index in [4.69, 9.17) is 18.7 Å². The second-order valence-electron chi connectivity index (χ2n) is 7.64. The van der Waals surface area contributed by atoms with Crippen molar-refractivity contribution in [3.05, 3.63) is 35.4 Å². The van der Waals surface area contributed by atoms with Gasteiger partial charge < -0.3 is 15.7 Å². The van der Waals surface area contributed by atoms with E-state index in [1.54, 1.807) is 0 Å². The molecule has 2 rings (SSSR count). The fourth-order valence-corrected chi connectivity index (χ4v) is 3.96. The van der Waals surface area contributed by atoms with Gasteiger partial charge in [0.05, 0.1) is 13.4 Å². The Kier molecular flexibility index (Phi) is 8.37. The highest BCUT2D eigenvalue weighted by molar-refractivity contribution is 6.08. The lowest BCUT2D eigenvalue weighted by atomic mass is 9.73. The van der Waals surface area contributed by atoms with Crippen molar-refractivity contribution in [3.8, 4) is 0 Å². The molecule has 0 spiro atoms. The van der Waals surface area contributed by atoms with Gasteiger partial charge in [0.1, 0.15) is 0 Å². The van der Waals surface area contributed by atoms with Gasteiger partial charge in [-0.15, -0.1) is 0 Å². The lowest BCUT2D eigenvalue weighted by Gasteiger charge is -2.41. The molecular weight excluding hydrogens is 368 g/mol. The van der Waals surface area contributed by atoms with Crippen molar-refractivity contribution in [1.82, 2.24) is 4.90 Å². The van der Waals surface area contributed by atoms with Gasteiger partial charge >= 0.3 is 12.1 Å². The van der Waals surface area contributed by atoms with E-state index in [9.17, 15) is 18.0 Å². The predicted octanol–water partition coefficient (Wildman–Crippen LogP) is 3.36. The summed E-state index contributed by atoms with van der Waals surface area (Å²) in [6.45, 7) is 2.50. The van der Waals surface area contributed by atoms with Gasteiger partial charge in [-0.3, -0.25) is 4.79 Å². The van der Waals surface area contributed by atoms with Gasteiger partial charge in [0.25, 0.3) is 0 Å². The Bertz CT molecular complexity index is 625. The lowest BCUT2D eigenvalue weighted by molar-refractivity contribution is -0.138. The Balaban J connectivity index is 1.83. The summed E-state index contributed by atoms with van der Waals surface area (Å²) in [6.07, 6.45) is -0.858. The first-order valence-electron chi connectivity index (χ1n) is 9.76. The van der Waals surface area contributed by atoms with E-state index >= 15 is 0 Å². The molecule has 154 valence electrons. The lowest BCUT2D eigenvalue weighted by Crippen LogP contribution is -2.50. The number of carboxylic acids is 1. The summed E-state index contributed by atoms with van der Waals surface area (Å²) >= 11 is 0. The van der Waals surface area contributed by atoms with Crippen molar-refractivity contribution in [3.63, 3.8) is 0 Å². The molecule has 1 aliphatic heterocycles. The zero-order valence-electron chi connectivity index (χ0n) is 16.0. The number of hydrogen-bond acceptors (Lipinski definition) is 3. The summed E-state index contributed by atoms with van der Waals surface area (Å²) in [5.41, 5.74) is 6.53. The SMILES string of the molecule is [B]CC(CCC(=O)O)C1CN(CCCc2ccc(C(F)(F)F)cc2)CCC1N. The molecule has 0 bridgehead atoms. The number of hydrogen-bond donors (Lipinski definition) is 2. The Morgan fingerprint density at radius 2 is 2.00 bits per heavy atom. The molecule has 8 heteroatoms. The monoisotopic (exact) mass is 396 g/mol. The summed E-state index contributed by atoms with van der Waals surface area (Å²) in [4.78, 5) is 13.2. The van der Waals surface area contributed by atoms with Gasteiger partial charge in [-0.25, -0.2) is 0 Å². The largest absolute Gasteiger partial charge is 0.481 e. The average Bonchev–Trinajstić information content (AvgIpc) is 2.64. The number of halogens is 3. The summed E-state index contributed by atoms with van der Waals surface area (Å²) < 4.78 is 37.9. The van der Waals surface area contributed by atoms with Crippen LogP contribution in [0.4, 0.5) is 13.2 Å². The van der Waals surface area contributed by atoms with Crippen LogP contribution in [0.1, 0.15) is 36.8 Å². The van der Waals surface area contributed by atoms with Crippen molar-refractivity contribution >= 4 is 13.8 Å². The third-order valence-corrected chi connectivity index (χ3v) is 5.66. The van der Waals surface area contributed by atoms with Crippen LogP contribution in [0.3, 0.4) is 0 Å². The molecule has 1 aromatic carbocycles. The molecule has 0 aliphatic carbocycles. The number of aryl methyl sites for hydroxylation is 1. The molecule has 4 nitrogen and oxygen atoms in total. The third kappa shape index (κ3) is 6.81. The number of nitrogens with two attached hydrogens (primary N) is 1. The quantitative estimate of drug-likeness (QED) is 0.629. The Morgan fingerprint density at radius 3 is 2.57 bits per heavy atom. The summed E-state index contributed by atoms with van der Waals surface area (Å²) in [6, 6.07) is 5.34. The van der Waals surface area contributed by atoms with Crippen molar-refractivity contribution in [2.75, 3.05) is 19.6 Å². The standard InChI is InChI=1S/C20H28BF3N2O2/c21-12-15(5-8-19(27)28)17-13-26(11-9-18(17)25)10-1-2-14-3-6-16(7-4-14)20(22,23)24/h3-4,6-7,15,17-18H,1-2,5,8-13,25H2,(H,27,28). The van der Waals surface area contributed by atoms with Crippen LogP contribution in [0.15, 0.2) is 24.3 Å². The normalized spacial score (nSPS) is 22.1. The maximum atomic E-state index is 12.6. The maximum absolute atomic E-state index is 12.6. The first kappa shape index (κ1) is 22.8. The number of alkyl halides is 3. The fraction of sp³-hybridized carbons (Fsp3) is 0.650. The van der Waals surface area contributed by atoms with Crippen LogP contribution in [-0.4, -0.2) is 49.5 Å². The number of aliphatic carboxylic acids is 1. The molecule has 1 aliphatic rings. The summed E-state index contributed by atoms with van der Waals surface area (Å²) in [5.74, 6) is -0.566. The van der Waals surface area contributed by atoms with Crippen LogP contribution in [-0.2, 0) is 17.4 Å². The number of nitrogens with zero attached hydrogens (tertiary/aromatic N) is 1. The number of likely N-dealkylation sites (tertiary alicyclic amines) is 1. The van der Waals surface area contributed by atoms with Crippen molar-refractivity contribution in [2.24, 2.45) is 17.6 Å². The highest BCUT2D eigenvalue weighted by Crippen LogP contribution is 2.30. The molecule has 2 radical (unpaired) electrons. The van der Waals surface area contributed by atoms with E-state index in [1.165, 1.54) is 12.1 Å². The zero-order chi connectivity index (χ0) is 20.7. The molecule has 3 unspecified atom stereocenters. The molecule has 3 atom stereocenters. The molecule has 0 amide bonds. The van der Waals surface area contributed by atoms with Crippen LogP contribution >= 0.6 is 0 Å². The fourth-order valence-electron chi connectivity index (χ4n) is 3.96. The molecule has 3 N–H and O–H groups in total. The van der Waals surface area contributed by atoms with Crippen molar-refractivity contribution < 1.29 is 23.1 Å². The number of rotatable bonds is 9. The number of benzene rings is 1. The van der Waals surface area contributed by atoms with Gasteiger partial charge in [0, 0.05) is 19.0 Å². The van der Waals surface area contributed by atoms with Crippen LogP contribution in [0.25, 0.3) is 0 Å². The molecule has 28 heavy (non-hydrogen) atoms. The molecular formula is C20H28BF3N2O2. The minimum Gasteiger partial charge on any atom is -0.481 e. The van der Waals surface area contributed by atoms with E-state index in [0.717, 1.165) is 50.2 Å². The Hall–Kier alpha value is -1.54. The highest BCUT2D eigenvalue weighted by atomic mass is 19.4. The van der Waals surface area contributed by atoms with E-state index in [1.807, 2.05) is 0 Å². The smallest absolute Gasteiger partial charge is 0.416 e. The van der Waals surface area contributed by atoms with Crippen molar-refractivity contribution in [1.29, 1.82) is 0 Å². The van der Waals surface area contributed by atoms with Crippen LogP contribution < -0.4 is 5.73 Å².